The standard InChI is InChI=1S/C35H40N4O9/c1-8-45-32(42)28(29(40)24-18-39(34(44)48-35(5,6)7)25-17-13-12-16-23(24)25)36-30(41)27-21(4)47-31(37-27)26(20(2)3)38-33(43)46-19-22-14-10-9-11-15-22/h9-18,20,26,28H,8,19H2,1-7H3,(H,36,41)(H,38,43)/t26-,28?/m0/s1. The highest BCUT2D eigenvalue weighted by atomic mass is 16.6. The Morgan fingerprint density at radius 2 is 1.60 bits per heavy atom. The van der Waals surface area contributed by atoms with E-state index in [2.05, 4.69) is 15.6 Å². The number of benzene rings is 2. The van der Waals surface area contributed by atoms with Crippen molar-refractivity contribution in [3.63, 3.8) is 0 Å². The number of carbonyl (C=O) groups is 5. The lowest BCUT2D eigenvalue weighted by molar-refractivity contribution is -0.144. The van der Waals surface area contributed by atoms with Crippen LogP contribution in [-0.2, 0) is 25.6 Å². The molecule has 0 fully saturated rings. The normalized spacial score (nSPS) is 12.7. The van der Waals surface area contributed by atoms with Crippen LogP contribution in [0.5, 0.6) is 0 Å². The van der Waals surface area contributed by atoms with E-state index in [1.54, 1.807) is 52.0 Å². The summed E-state index contributed by atoms with van der Waals surface area (Å²) in [6, 6.07) is 13.2. The van der Waals surface area contributed by atoms with E-state index in [1.807, 2.05) is 44.2 Å². The first-order chi connectivity index (χ1) is 22.7. The molecule has 0 bridgehead atoms. The number of fused-ring (bicyclic) bond motifs is 1. The highest BCUT2D eigenvalue weighted by Gasteiger charge is 2.36. The van der Waals surface area contributed by atoms with Crippen molar-refractivity contribution in [1.82, 2.24) is 20.2 Å². The molecular weight excluding hydrogens is 620 g/mol. The second-order valence-corrected chi connectivity index (χ2v) is 12.3. The Morgan fingerprint density at radius 1 is 0.938 bits per heavy atom. The second-order valence-electron chi connectivity index (χ2n) is 12.3. The van der Waals surface area contributed by atoms with Crippen molar-refractivity contribution in [2.24, 2.45) is 5.92 Å². The molecule has 4 rings (SSSR count). The summed E-state index contributed by atoms with van der Waals surface area (Å²) in [5.74, 6) is -2.81. The van der Waals surface area contributed by atoms with Gasteiger partial charge < -0.3 is 29.3 Å². The third-order valence-corrected chi connectivity index (χ3v) is 7.07. The lowest BCUT2D eigenvalue weighted by Gasteiger charge is -2.19. The maximum Gasteiger partial charge on any atom is 0.419 e. The Hall–Kier alpha value is -5.46. The highest BCUT2D eigenvalue weighted by Crippen LogP contribution is 2.26. The first-order valence-corrected chi connectivity index (χ1v) is 15.5. The summed E-state index contributed by atoms with van der Waals surface area (Å²) in [5, 5.41) is 5.52. The molecule has 0 saturated heterocycles. The first kappa shape index (κ1) is 35.4. The van der Waals surface area contributed by atoms with Gasteiger partial charge in [-0.05, 0) is 52.2 Å². The smallest absolute Gasteiger partial charge is 0.419 e. The zero-order valence-corrected chi connectivity index (χ0v) is 28.0. The number of amides is 2. The molecule has 2 aromatic carbocycles. The largest absolute Gasteiger partial charge is 0.464 e. The minimum absolute atomic E-state index is 0.00883. The lowest BCUT2D eigenvalue weighted by Crippen LogP contribution is -2.47. The fraction of sp³-hybridized carbons (Fsp3) is 0.371. The van der Waals surface area contributed by atoms with Crippen molar-refractivity contribution in [2.75, 3.05) is 6.61 Å². The van der Waals surface area contributed by atoms with Gasteiger partial charge in [-0.25, -0.2) is 19.4 Å². The fourth-order valence-electron chi connectivity index (χ4n) is 4.82. The average molecular weight is 661 g/mol. The molecule has 0 aliphatic rings. The number of rotatable bonds is 11. The molecular formula is C35H40N4O9. The molecule has 2 amide bonds. The molecule has 0 radical (unpaired) electrons. The van der Waals surface area contributed by atoms with Gasteiger partial charge in [0.15, 0.2) is 17.5 Å². The molecule has 2 heterocycles. The maximum atomic E-state index is 13.9. The zero-order valence-electron chi connectivity index (χ0n) is 28.0. The summed E-state index contributed by atoms with van der Waals surface area (Å²) in [6.45, 7) is 11.8. The number of Topliss-reactive ketones (excluding diaryl/α,β-unsaturated/α-hetero) is 1. The van der Waals surface area contributed by atoms with Crippen LogP contribution >= 0.6 is 0 Å². The molecule has 48 heavy (non-hydrogen) atoms. The van der Waals surface area contributed by atoms with Crippen molar-refractivity contribution in [2.45, 2.75) is 72.8 Å². The van der Waals surface area contributed by atoms with Gasteiger partial charge in [0.05, 0.1) is 12.1 Å². The number of alkyl carbamates (subject to hydrolysis) is 1. The van der Waals surface area contributed by atoms with E-state index >= 15 is 0 Å². The minimum Gasteiger partial charge on any atom is -0.464 e. The van der Waals surface area contributed by atoms with Gasteiger partial charge >= 0.3 is 18.2 Å². The first-order valence-electron chi connectivity index (χ1n) is 15.5. The van der Waals surface area contributed by atoms with Crippen LogP contribution in [0.2, 0.25) is 0 Å². The number of ketones is 1. The van der Waals surface area contributed by atoms with E-state index in [0.717, 1.165) is 5.56 Å². The van der Waals surface area contributed by atoms with E-state index in [1.165, 1.54) is 17.7 Å². The Bertz CT molecular complexity index is 1800. The van der Waals surface area contributed by atoms with Crippen molar-refractivity contribution in [3.05, 3.63) is 89.3 Å². The van der Waals surface area contributed by atoms with Gasteiger partial charge in [-0.15, -0.1) is 0 Å². The number of esters is 1. The molecule has 0 aliphatic heterocycles. The van der Waals surface area contributed by atoms with Gasteiger partial charge in [0.2, 0.25) is 5.89 Å². The van der Waals surface area contributed by atoms with E-state index in [0.29, 0.717) is 10.9 Å². The van der Waals surface area contributed by atoms with Crippen molar-refractivity contribution in [1.29, 1.82) is 0 Å². The van der Waals surface area contributed by atoms with E-state index in [9.17, 15) is 24.0 Å². The van der Waals surface area contributed by atoms with Crippen LogP contribution in [0.25, 0.3) is 10.9 Å². The number of hydrogen-bond acceptors (Lipinski definition) is 10. The zero-order chi connectivity index (χ0) is 35.2. The maximum absolute atomic E-state index is 13.9. The number of ether oxygens (including phenoxy) is 3. The highest BCUT2D eigenvalue weighted by molar-refractivity contribution is 6.20. The van der Waals surface area contributed by atoms with Crippen molar-refractivity contribution < 1.29 is 42.6 Å². The topological polar surface area (TPSA) is 168 Å². The van der Waals surface area contributed by atoms with Gasteiger partial charge in [0.25, 0.3) is 5.91 Å². The third-order valence-electron chi connectivity index (χ3n) is 7.07. The lowest BCUT2D eigenvalue weighted by atomic mass is 10.0. The monoisotopic (exact) mass is 660 g/mol. The Morgan fingerprint density at radius 3 is 2.25 bits per heavy atom. The molecule has 4 aromatic rings. The number of hydrogen-bond donors (Lipinski definition) is 2. The number of oxazole rings is 1. The Balaban J connectivity index is 1.58. The van der Waals surface area contributed by atoms with Crippen LogP contribution in [0.1, 0.15) is 85.6 Å². The van der Waals surface area contributed by atoms with Gasteiger partial charge in [0, 0.05) is 17.1 Å². The fourth-order valence-corrected chi connectivity index (χ4v) is 4.82. The summed E-state index contributed by atoms with van der Waals surface area (Å²) in [6.07, 6.45) is -0.162. The predicted octanol–water partition coefficient (Wildman–Crippen LogP) is 5.89. The molecule has 1 unspecified atom stereocenters. The third kappa shape index (κ3) is 8.46. The number of aromatic nitrogens is 2. The molecule has 0 spiro atoms. The molecule has 13 heteroatoms. The van der Waals surface area contributed by atoms with Crippen LogP contribution in [0, 0.1) is 12.8 Å². The van der Waals surface area contributed by atoms with Gasteiger partial charge in [0.1, 0.15) is 24.0 Å². The Labute approximate surface area is 277 Å². The summed E-state index contributed by atoms with van der Waals surface area (Å²) in [5.41, 5.74) is 0.156. The van der Waals surface area contributed by atoms with E-state index in [4.69, 9.17) is 18.6 Å². The summed E-state index contributed by atoms with van der Waals surface area (Å²) in [4.78, 5) is 70.6. The molecule has 2 N–H and O–H groups in total. The van der Waals surface area contributed by atoms with E-state index in [-0.39, 0.29) is 42.0 Å². The van der Waals surface area contributed by atoms with Crippen LogP contribution in [0.4, 0.5) is 9.59 Å². The molecule has 0 aliphatic carbocycles. The summed E-state index contributed by atoms with van der Waals surface area (Å²) >= 11 is 0. The quantitative estimate of drug-likeness (QED) is 0.0857. The second kappa shape index (κ2) is 15.0. The van der Waals surface area contributed by atoms with Gasteiger partial charge in [-0.1, -0.05) is 62.4 Å². The summed E-state index contributed by atoms with van der Waals surface area (Å²) < 4.78 is 22.9. The minimum atomic E-state index is -1.79. The molecule has 2 aromatic heterocycles. The van der Waals surface area contributed by atoms with Crippen LogP contribution in [-0.4, -0.2) is 57.6 Å². The SMILES string of the molecule is CCOC(=O)C(NC(=O)c1nc([C@@H](NC(=O)OCc2ccccc2)C(C)C)oc1C)C(=O)c1cn(C(=O)OC(C)(C)C)c2ccccc12. The van der Waals surface area contributed by atoms with Crippen LogP contribution < -0.4 is 10.6 Å². The average Bonchev–Trinajstić information content (AvgIpc) is 3.61. The number of nitrogens with zero attached hydrogens (tertiary/aromatic N) is 2. The van der Waals surface area contributed by atoms with Crippen LogP contribution in [0.3, 0.4) is 0 Å². The number of nitrogens with one attached hydrogen (secondary N) is 2. The van der Waals surface area contributed by atoms with E-state index < -0.39 is 47.5 Å². The van der Waals surface area contributed by atoms with Gasteiger partial charge in [-0.2, -0.15) is 0 Å². The van der Waals surface area contributed by atoms with Crippen molar-refractivity contribution >= 4 is 40.7 Å². The number of para-hydroxylation sites is 1. The molecule has 0 saturated carbocycles. The molecule has 254 valence electrons. The van der Waals surface area contributed by atoms with Gasteiger partial charge in [-0.3, -0.25) is 14.2 Å². The van der Waals surface area contributed by atoms with Crippen LogP contribution in [0.15, 0.2) is 65.2 Å². The molecule has 2 atom stereocenters. The number of aryl methyl sites for hydroxylation is 1. The molecule has 13 nitrogen and oxygen atoms in total. The summed E-state index contributed by atoms with van der Waals surface area (Å²) in [7, 11) is 0. The van der Waals surface area contributed by atoms with Crippen molar-refractivity contribution in [3.8, 4) is 0 Å². The predicted molar refractivity (Wildman–Crippen MR) is 174 cm³/mol. The Kier molecular flexibility index (Phi) is 11.0. The number of carbonyl (C=O) groups excluding carboxylic acids is 5.